The highest BCUT2D eigenvalue weighted by Crippen LogP contribution is 2.31. The van der Waals surface area contributed by atoms with Crippen LogP contribution in [0.3, 0.4) is 0 Å². The highest BCUT2D eigenvalue weighted by molar-refractivity contribution is 5.92. The highest BCUT2D eigenvalue weighted by Gasteiger charge is 2.11. The maximum Gasteiger partial charge on any atom is 0.335 e. The molecule has 0 aliphatic carbocycles. The maximum absolute atomic E-state index is 11.6. The summed E-state index contributed by atoms with van der Waals surface area (Å²) >= 11 is 0. The zero-order valence-corrected chi connectivity index (χ0v) is 14.0. The van der Waals surface area contributed by atoms with Crippen LogP contribution in [0.1, 0.15) is 10.4 Å². The van der Waals surface area contributed by atoms with Gasteiger partial charge in [-0.25, -0.2) is 4.79 Å². The standard InChI is InChI=1S/C21H18O4/c1-24-19-7-3-5-14(12-19)16-9-17(11-18(10-16)21(22)23)15-6-4-8-20(13-15)25-2/h3-13H,1-2H3,(H,22,23). The average molecular weight is 334 g/mol. The van der Waals surface area contributed by atoms with Gasteiger partial charge < -0.3 is 14.6 Å². The molecule has 0 fully saturated rings. The Hall–Kier alpha value is -3.27. The van der Waals surface area contributed by atoms with Crippen LogP contribution in [0.2, 0.25) is 0 Å². The third-order valence-corrected chi connectivity index (χ3v) is 3.99. The molecule has 0 aliphatic heterocycles. The molecule has 3 aromatic carbocycles. The zero-order valence-electron chi connectivity index (χ0n) is 14.0. The smallest absolute Gasteiger partial charge is 0.335 e. The number of carbonyl (C=O) groups is 1. The summed E-state index contributed by atoms with van der Waals surface area (Å²) in [7, 11) is 3.21. The second kappa shape index (κ2) is 7.09. The number of aromatic carboxylic acids is 1. The van der Waals surface area contributed by atoms with Crippen LogP contribution < -0.4 is 9.47 Å². The van der Waals surface area contributed by atoms with Crippen molar-refractivity contribution in [2.75, 3.05) is 14.2 Å². The molecule has 3 aromatic rings. The molecule has 0 bridgehead atoms. The van der Waals surface area contributed by atoms with Crippen molar-refractivity contribution in [3.63, 3.8) is 0 Å². The fourth-order valence-corrected chi connectivity index (χ4v) is 2.69. The van der Waals surface area contributed by atoms with Gasteiger partial charge in [0.1, 0.15) is 11.5 Å². The number of ether oxygens (including phenoxy) is 2. The van der Waals surface area contributed by atoms with Gasteiger partial charge in [0.25, 0.3) is 0 Å². The Morgan fingerprint density at radius 1 is 0.720 bits per heavy atom. The minimum Gasteiger partial charge on any atom is -0.497 e. The van der Waals surface area contributed by atoms with Gasteiger partial charge in [-0.3, -0.25) is 0 Å². The van der Waals surface area contributed by atoms with Gasteiger partial charge in [-0.1, -0.05) is 24.3 Å². The Labute approximate surface area is 146 Å². The first-order chi connectivity index (χ1) is 12.1. The molecule has 4 heteroatoms. The van der Waals surface area contributed by atoms with Crippen molar-refractivity contribution >= 4 is 5.97 Å². The first kappa shape index (κ1) is 16.6. The summed E-state index contributed by atoms with van der Waals surface area (Å²) in [5.74, 6) is 0.483. The first-order valence-corrected chi connectivity index (χ1v) is 7.78. The summed E-state index contributed by atoms with van der Waals surface area (Å²) in [5.41, 5.74) is 3.66. The van der Waals surface area contributed by atoms with Crippen molar-refractivity contribution in [1.29, 1.82) is 0 Å². The van der Waals surface area contributed by atoms with Gasteiger partial charge in [0.2, 0.25) is 0 Å². The minimum absolute atomic E-state index is 0.234. The Bertz CT molecular complexity index is 850. The molecule has 126 valence electrons. The molecule has 0 aliphatic rings. The average Bonchev–Trinajstić information content (AvgIpc) is 2.67. The van der Waals surface area contributed by atoms with Gasteiger partial charge in [0.15, 0.2) is 0 Å². The number of hydrogen-bond acceptors (Lipinski definition) is 3. The lowest BCUT2D eigenvalue weighted by molar-refractivity contribution is 0.0697. The Balaban J connectivity index is 2.16. The van der Waals surface area contributed by atoms with Gasteiger partial charge >= 0.3 is 5.97 Å². The van der Waals surface area contributed by atoms with Crippen molar-refractivity contribution in [3.05, 3.63) is 72.3 Å². The molecule has 0 unspecified atom stereocenters. The predicted octanol–water partition coefficient (Wildman–Crippen LogP) is 4.74. The number of rotatable bonds is 5. The normalized spacial score (nSPS) is 10.3. The number of carboxylic acid groups (broad SMARTS) is 1. The minimum atomic E-state index is -0.964. The van der Waals surface area contributed by atoms with Gasteiger partial charge in [0, 0.05) is 0 Å². The quantitative estimate of drug-likeness (QED) is 0.732. The van der Waals surface area contributed by atoms with Gasteiger partial charge in [-0.2, -0.15) is 0 Å². The number of hydrogen-bond donors (Lipinski definition) is 1. The molecule has 0 amide bonds. The molecule has 0 atom stereocenters. The molecule has 25 heavy (non-hydrogen) atoms. The third kappa shape index (κ3) is 3.63. The van der Waals surface area contributed by atoms with Crippen LogP contribution in [-0.4, -0.2) is 25.3 Å². The van der Waals surface area contributed by atoms with Crippen LogP contribution in [0.5, 0.6) is 11.5 Å². The maximum atomic E-state index is 11.6. The first-order valence-electron chi connectivity index (χ1n) is 7.78. The van der Waals surface area contributed by atoms with E-state index in [1.165, 1.54) is 0 Å². The molecule has 0 saturated heterocycles. The van der Waals surface area contributed by atoms with Crippen LogP contribution in [0, 0.1) is 0 Å². The molecule has 3 rings (SSSR count). The van der Waals surface area contributed by atoms with E-state index in [1.807, 2.05) is 54.6 Å². The summed E-state index contributed by atoms with van der Waals surface area (Å²) in [5, 5.41) is 9.48. The van der Waals surface area contributed by atoms with Crippen LogP contribution in [0.25, 0.3) is 22.3 Å². The van der Waals surface area contributed by atoms with Gasteiger partial charge in [-0.05, 0) is 64.7 Å². The molecule has 0 heterocycles. The topological polar surface area (TPSA) is 55.8 Å². The van der Waals surface area contributed by atoms with Crippen LogP contribution in [-0.2, 0) is 0 Å². The van der Waals surface area contributed by atoms with Crippen molar-refractivity contribution in [3.8, 4) is 33.8 Å². The Morgan fingerprint density at radius 2 is 1.20 bits per heavy atom. The molecule has 1 N–H and O–H groups in total. The predicted molar refractivity (Wildman–Crippen MR) is 97.4 cm³/mol. The lowest BCUT2D eigenvalue weighted by atomic mass is 9.96. The number of carboxylic acids is 1. The van der Waals surface area contributed by atoms with E-state index >= 15 is 0 Å². The lowest BCUT2D eigenvalue weighted by Crippen LogP contribution is -1.97. The van der Waals surface area contributed by atoms with E-state index in [-0.39, 0.29) is 5.56 Å². The van der Waals surface area contributed by atoms with E-state index in [1.54, 1.807) is 26.4 Å². The van der Waals surface area contributed by atoms with Gasteiger partial charge in [-0.15, -0.1) is 0 Å². The van der Waals surface area contributed by atoms with E-state index in [0.29, 0.717) is 0 Å². The monoisotopic (exact) mass is 334 g/mol. The number of benzene rings is 3. The van der Waals surface area contributed by atoms with E-state index < -0.39 is 5.97 Å². The van der Waals surface area contributed by atoms with Crippen molar-refractivity contribution < 1.29 is 19.4 Å². The van der Waals surface area contributed by atoms with Crippen molar-refractivity contribution in [2.24, 2.45) is 0 Å². The molecular weight excluding hydrogens is 316 g/mol. The Kier molecular flexibility index (Phi) is 4.70. The van der Waals surface area contributed by atoms with Crippen LogP contribution in [0.4, 0.5) is 0 Å². The van der Waals surface area contributed by atoms with Gasteiger partial charge in [0.05, 0.1) is 19.8 Å². The summed E-state index contributed by atoms with van der Waals surface area (Å²) < 4.78 is 10.5. The highest BCUT2D eigenvalue weighted by atomic mass is 16.5. The summed E-state index contributed by atoms with van der Waals surface area (Å²) in [6.45, 7) is 0. The van der Waals surface area contributed by atoms with Crippen LogP contribution in [0.15, 0.2) is 66.7 Å². The number of methoxy groups -OCH3 is 2. The summed E-state index contributed by atoms with van der Waals surface area (Å²) in [4.78, 5) is 11.6. The largest absolute Gasteiger partial charge is 0.497 e. The summed E-state index contributed by atoms with van der Waals surface area (Å²) in [6.07, 6.45) is 0. The Morgan fingerprint density at radius 3 is 1.60 bits per heavy atom. The molecular formula is C21H18O4. The van der Waals surface area contributed by atoms with Crippen molar-refractivity contribution in [1.82, 2.24) is 0 Å². The van der Waals surface area contributed by atoms with Crippen LogP contribution >= 0.6 is 0 Å². The lowest BCUT2D eigenvalue weighted by Gasteiger charge is -2.10. The van der Waals surface area contributed by atoms with E-state index in [9.17, 15) is 9.90 Å². The zero-order chi connectivity index (χ0) is 17.8. The fraction of sp³-hybridized carbons (Fsp3) is 0.0952. The molecule has 0 radical (unpaired) electrons. The van der Waals surface area contributed by atoms with Crippen molar-refractivity contribution in [2.45, 2.75) is 0 Å². The second-order valence-electron chi connectivity index (χ2n) is 5.57. The van der Waals surface area contributed by atoms with E-state index in [0.717, 1.165) is 33.8 Å². The molecule has 0 spiro atoms. The SMILES string of the molecule is COc1cccc(-c2cc(C(=O)O)cc(-c3cccc(OC)c3)c2)c1. The fourth-order valence-electron chi connectivity index (χ4n) is 2.69. The third-order valence-electron chi connectivity index (χ3n) is 3.99. The van der Waals surface area contributed by atoms with E-state index in [2.05, 4.69) is 0 Å². The van der Waals surface area contributed by atoms with E-state index in [4.69, 9.17) is 9.47 Å². The second-order valence-corrected chi connectivity index (χ2v) is 5.57. The molecule has 0 saturated carbocycles. The molecule has 4 nitrogen and oxygen atoms in total. The molecule has 0 aromatic heterocycles. The summed E-state index contributed by atoms with van der Waals surface area (Å²) in [6, 6.07) is 20.4.